The van der Waals surface area contributed by atoms with Crippen LogP contribution in [0.5, 0.6) is 0 Å². The van der Waals surface area contributed by atoms with E-state index >= 15 is 0 Å². The van der Waals surface area contributed by atoms with E-state index in [-0.39, 0.29) is 17.9 Å². The summed E-state index contributed by atoms with van der Waals surface area (Å²) in [5.41, 5.74) is 1.23. The number of thiazole rings is 1. The summed E-state index contributed by atoms with van der Waals surface area (Å²) in [5.74, 6) is 0.466. The highest BCUT2D eigenvalue weighted by Crippen LogP contribution is 2.33. The van der Waals surface area contributed by atoms with Crippen molar-refractivity contribution < 1.29 is 18.9 Å². The minimum atomic E-state index is -0.630. The summed E-state index contributed by atoms with van der Waals surface area (Å²) in [6.45, 7) is 3.69. The number of nitro benzene ring substituents is 1. The van der Waals surface area contributed by atoms with Crippen molar-refractivity contribution in [2.24, 2.45) is 4.99 Å². The zero-order valence-electron chi connectivity index (χ0n) is 19.2. The number of nitro groups is 1. The molecule has 1 atom stereocenters. The monoisotopic (exact) mass is 521 g/mol. The molecular formula is C25H19N3O6S2. The first-order valence-electron chi connectivity index (χ1n) is 10.9. The number of allylic oxidation sites excluding steroid dienone is 1. The second-order valence-corrected chi connectivity index (χ2v) is 9.81. The number of nitrogens with zero attached hydrogens (tertiary/aromatic N) is 3. The summed E-state index contributed by atoms with van der Waals surface area (Å²) in [5, 5.41) is 12.8. The molecule has 182 valence electrons. The summed E-state index contributed by atoms with van der Waals surface area (Å²) in [6.07, 6.45) is 1.63. The number of fused-ring (bicyclic) bond motifs is 1. The van der Waals surface area contributed by atoms with Crippen LogP contribution in [0.3, 0.4) is 0 Å². The SMILES string of the molecule is CCOC(=O)C1=C(C)N=c2sc(=Cc3ccc(-c4ccc([N+](=O)[O-])cc4)o3)c(=O)n2C1c1cccs1. The van der Waals surface area contributed by atoms with E-state index in [0.29, 0.717) is 37.7 Å². The maximum atomic E-state index is 13.5. The van der Waals surface area contributed by atoms with Gasteiger partial charge < -0.3 is 9.15 Å². The molecule has 3 aromatic heterocycles. The molecule has 1 unspecified atom stereocenters. The Morgan fingerprint density at radius 2 is 2.03 bits per heavy atom. The summed E-state index contributed by atoms with van der Waals surface area (Å²) in [7, 11) is 0. The molecule has 0 fully saturated rings. The van der Waals surface area contributed by atoms with Gasteiger partial charge in [-0.1, -0.05) is 17.4 Å². The number of rotatable bonds is 6. The molecule has 1 aliphatic rings. The number of furan rings is 1. The third-order valence-electron chi connectivity index (χ3n) is 5.59. The average molecular weight is 522 g/mol. The highest BCUT2D eigenvalue weighted by atomic mass is 32.1. The molecule has 0 radical (unpaired) electrons. The summed E-state index contributed by atoms with van der Waals surface area (Å²) in [4.78, 5) is 42.7. The highest BCUT2D eigenvalue weighted by Gasteiger charge is 2.33. The van der Waals surface area contributed by atoms with Crippen molar-refractivity contribution in [2.45, 2.75) is 19.9 Å². The standard InChI is InChI=1S/C25H19N3O6S2/c1-3-33-24(30)21-14(2)26-25-27(22(21)19-5-4-12-35-19)23(29)20(36-25)13-17-10-11-18(34-17)15-6-8-16(9-7-15)28(31)32/h4-13,22H,3H2,1-2H3. The van der Waals surface area contributed by atoms with Gasteiger partial charge in [0.2, 0.25) is 0 Å². The Bertz CT molecular complexity index is 1670. The molecule has 9 nitrogen and oxygen atoms in total. The van der Waals surface area contributed by atoms with Crippen LogP contribution >= 0.6 is 22.7 Å². The molecule has 0 amide bonds. The minimum absolute atomic E-state index is 0.00980. The van der Waals surface area contributed by atoms with Crippen molar-refractivity contribution in [1.82, 2.24) is 4.57 Å². The zero-order valence-corrected chi connectivity index (χ0v) is 20.8. The Morgan fingerprint density at radius 1 is 1.25 bits per heavy atom. The molecule has 0 N–H and O–H groups in total. The largest absolute Gasteiger partial charge is 0.463 e. The summed E-state index contributed by atoms with van der Waals surface area (Å²) >= 11 is 2.66. The quantitative estimate of drug-likeness (QED) is 0.215. The van der Waals surface area contributed by atoms with Crippen LogP contribution in [0.2, 0.25) is 0 Å². The fourth-order valence-electron chi connectivity index (χ4n) is 3.97. The molecule has 0 aliphatic carbocycles. The van der Waals surface area contributed by atoms with Crippen molar-refractivity contribution in [1.29, 1.82) is 0 Å². The molecule has 11 heteroatoms. The lowest BCUT2D eigenvalue weighted by molar-refractivity contribution is -0.384. The van der Waals surface area contributed by atoms with E-state index < -0.39 is 16.9 Å². The van der Waals surface area contributed by atoms with Crippen molar-refractivity contribution >= 4 is 40.4 Å². The molecular weight excluding hydrogens is 502 g/mol. The number of hydrogen-bond donors (Lipinski definition) is 0. The van der Waals surface area contributed by atoms with Gasteiger partial charge in [-0.05, 0) is 49.6 Å². The minimum Gasteiger partial charge on any atom is -0.463 e. The van der Waals surface area contributed by atoms with Crippen LogP contribution in [-0.4, -0.2) is 22.1 Å². The Morgan fingerprint density at radius 3 is 2.69 bits per heavy atom. The molecule has 4 aromatic rings. The first-order chi connectivity index (χ1) is 17.4. The van der Waals surface area contributed by atoms with Gasteiger partial charge in [-0.2, -0.15) is 0 Å². The molecule has 1 aromatic carbocycles. The van der Waals surface area contributed by atoms with Gasteiger partial charge in [0.05, 0.1) is 27.3 Å². The molecule has 0 saturated carbocycles. The van der Waals surface area contributed by atoms with E-state index in [0.717, 1.165) is 4.88 Å². The lowest BCUT2D eigenvalue weighted by atomic mass is 10.0. The topological polar surface area (TPSA) is 117 Å². The van der Waals surface area contributed by atoms with E-state index in [4.69, 9.17) is 9.15 Å². The second-order valence-electron chi connectivity index (χ2n) is 7.82. The number of non-ortho nitro benzene ring substituents is 1. The first-order valence-corrected chi connectivity index (χ1v) is 12.6. The normalized spacial score (nSPS) is 15.5. The van der Waals surface area contributed by atoms with Crippen LogP contribution in [-0.2, 0) is 9.53 Å². The number of benzene rings is 1. The van der Waals surface area contributed by atoms with Crippen LogP contribution in [0.1, 0.15) is 30.5 Å². The lowest BCUT2D eigenvalue weighted by Crippen LogP contribution is -2.39. The molecule has 5 rings (SSSR count). The number of carbonyl (C=O) groups is 1. The highest BCUT2D eigenvalue weighted by molar-refractivity contribution is 7.10. The number of aromatic nitrogens is 1. The van der Waals surface area contributed by atoms with E-state index in [2.05, 4.69) is 4.99 Å². The first kappa shape index (κ1) is 23.6. The zero-order chi connectivity index (χ0) is 25.4. The van der Waals surface area contributed by atoms with Gasteiger partial charge in [-0.15, -0.1) is 11.3 Å². The molecule has 0 spiro atoms. The maximum absolute atomic E-state index is 13.5. The maximum Gasteiger partial charge on any atom is 0.338 e. The van der Waals surface area contributed by atoms with Crippen LogP contribution in [0, 0.1) is 10.1 Å². The van der Waals surface area contributed by atoms with Crippen molar-refractivity contribution in [3.8, 4) is 11.3 Å². The van der Waals surface area contributed by atoms with Crippen LogP contribution in [0.15, 0.2) is 79.4 Å². The van der Waals surface area contributed by atoms with Gasteiger partial charge in [0.1, 0.15) is 17.6 Å². The van der Waals surface area contributed by atoms with Crippen molar-refractivity contribution in [3.05, 3.63) is 106 Å². The van der Waals surface area contributed by atoms with E-state index in [1.165, 1.54) is 39.4 Å². The Labute approximate surface area is 212 Å². The predicted molar refractivity (Wildman–Crippen MR) is 136 cm³/mol. The molecule has 0 saturated heterocycles. The van der Waals surface area contributed by atoms with Gasteiger partial charge in [0.25, 0.3) is 11.2 Å². The fourth-order valence-corrected chi connectivity index (χ4v) is 5.82. The number of esters is 1. The Hall–Kier alpha value is -4.09. The summed E-state index contributed by atoms with van der Waals surface area (Å²) < 4.78 is 13.1. The van der Waals surface area contributed by atoms with E-state index in [9.17, 15) is 19.7 Å². The predicted octanol–water partition coefficient (Wildman–Crippen LogP) is 4.03. The lowest BCUT2D eigenvalue weighted by Gasteiger charge is -2.23. The smallest absolute Gasteiger partial charge is 0.338 e. The fraction of sp³-hybridized carbons (Fsp3) is 0.160. The van der Waals surface area contributed by atoms with Gasteiger partial charge in [0.15, 0.2) is 4.80 Å². The second kappa shape index (κ2) is 9.51. The molecule has 1 aliphatic heterocycles. The van der Waals surface area contributed by atoms with E-state index in [1.807, 2.05) is 17.5 Å². The van der Waals surface area contributed by atoms with Crippen LogP contribution in [0.25, 0.3) is 17.4 Å². The number of ether oxygens (including phenoxy) is 1. The summed E-state index contributed by atoms with van der Waals surface area (Å²) in [6, 6.07) is 12.6. The third kappa shape index (κ3) is 4.23. The van der Waals surface area contributed by atoms with Gasteiger partial charge in [-0.3, -0.25) is 19.5 Å². The van der Waals surface area contributed by atoms with Crippen molar-refractivity contribution in [2.75, 3.05) is 6.61 Å². The van der Waals surface area contributed by atoms with Gasteiger partial charge >= 0.3 is 5.97 Å². The number of hydrogen-bond acceptors (Lipinski definition) is 9. The van der Waals surface area contributed by atoms with Gasteiger partial charge in [-0.25, -0.2) is 9.79 Å². The van der Waals surface area contributed by atoms with Crippen LogP contribution < -0.4 is 14.9 Å². The third-order valence-corrected chi connectivity index (χ3v) is 7.50. The van der Waals surface area contributed by atoms with Gasteiger partial charge in [0, 0.05) is 28.6 Å². The molecule has 0 bridgehead atoms. The number of thiophene rings is 1. The molecule has 36 heavy (non-hydrogen) atoms. The van der Waals surface area contributed by atoms with Crippen molar-refractivity contribution in [3.63, 3.8) is 0 Å². The van der Waals surface area contributed by atoms with Crippen LogP contribution in [0.4, 0.5) is 5.69 Å². The Kier molecular flexibility index (Phi) is 6.25. The van der Waals surface area contributed by atoms with E-state index in [1.54, 1.807) is 44.2 Å². The number of carbonyl (C=O) groups excluding carboxylic acids is 1. The average Bonchev–Trinajstić information content (AvgIpc) is 3.60. The molecule has 4 heterocycles. The Balaban J connectivity index is 1.57.